The Kier molecular flexibility index (Phi) is 4.03. The fourth-order valence-electron chi connectivity index (χ4n) is 2.68. The summed E-state index contributed by atoms with van der Waals surface area (Å²) in [6.07, 6.45) is 0. The number of nitrogen functional groups attached to an aromatic ring is 4. The van der Waals surface area contributed by atoms with Gasteiger partial charge in [-0.3, -0.25) is 0 Å². The van der Waals surface area contributed by atoms with E-state index in [1.54, 1.807) is 9.36 Å². The number of aryl methyl sites for hydroxylation is 1. The van der Waals surface area contributed by atoms with Crippen molar-refractivity contribution in [2.45, 2.75) is 33.4 Å². The van der Waals surface area contributed by atoms with E-state index >= 15 is 0 Å². The maximum Gasteiger partial charge on any atom is 0.146 e. The molecular weight excluding hydrogens is 316 g/mol. The van der Waals surface area contributed by atoms with E-state index in [2.05, 4.69) is 10.2 Å². The smallest absolute Gasteiger partial charge is 0.146 e. The lowest BCUT2D eigenvalue weighted by Crippen LogP contribution is -2.07. The standard InChI is InChI=1S/C17H24N8/c1-9(2)25-17(21)13(19)15(23-25)14-12(18)16(20)24(22-14)8-11-6-4-10(3)5-7-11/h4-7,9H,8,18-21H2,1-3H3. The second-order valence-electron chi connectivity index (χ2n) is 6.48. The molecule has 0 saturated carbocycles. The third-order valence-electron chi connectivity index (χ3n) is 4.18. The summed E-state index contributed by atoms with van der Waals surface area (Å²) in [4.78, 5) is 0. The Balaban J connectivity index is 2.02. The lowest BCUT2D eigenvalue weighted by molar-refractivity contribution is 0.542. The van der Waals surface area contributed by atoms with Crippen LogP contribution in [0.4, 0.5) is 23.0 Å². The van der Waals surface area contributed by atoms with Crippen molar-refractivity contribution in [3.63, 3.8) is 0 Å². The van der Waals surface area contributed by atoms with Crippen LogP contribution in [-0.4, -0.2) is 19.6 Å². The van der Waals surface area contributed by atoms with Gasteiger partial charge in [0.2, 0.25) is 0 Å². The van der Waals surface area contributed by atoms with Gasteiger partial charge in [0.25, 0.3) is 0 Å². The van der Waals surface area contributed by atoms with Crippen LogP contribution in [-0.2, 0) is 6.54 Å². The van der Waals surface area contributed by atoms with Crippen LogP contribution < -0.4 is 22.9 Å². The average Bonchev–Trinajstić information content (AvgIpc) is 3.01. The zero-order chi connectivity index (χ0) is 18.3. The lowest BCUT2D eigenvalue weighted by Gasteiger charge is -2.06. The Morgan fingerprint density at radius 1 is 0.880 bits per heavy atom. The number of hydrogen-bond acceptors (Lipinski definition) is 6. The maximum atomic E-state index is 6.16. The minimum atomic E-state index is 0.0734. The van der Waals surface area contributed by atoms with Crippen molar-refractivity contribution in [3.8, 4) is 11.4 Å². The highest BCUT2D eigenvalue weighted by molar-refractivity contribution is 5.87. The molecule has 0 unspecified atom stereocenters. The number of hydrogen-bond donors (Lipinski definition) is 4. The third kappa shape index (κ3) is 2.86. The lowest BCUT2D eigenvalue weighted by atomic mass is 10.1. The van der Waals surface area contributed by atoms with Gasteiger partial charge in [-0.05, 0) is 26.3 Å². The van der Waals surface area contributed by atoms with Gasteiger partial charge in [0.05, 0.1) is 6.54 Å². The summed E-state index contributed by atoms with van der Waals surface area (Å²) in [5.74, 6) is 0.781. The van der Waals surface area contributed by atoms with Gasteiger partial charge in [0, 0.05) is 6.04 Å². The topological polar surface area (TPSA) is 140 Å². The van der Waals surface area contributed by atoms with Crippen LogP contribution in [0.5, 0.6) is 0 Å². The van der Waals surface area contributed by atoms with Gasteiger partial charge in [-0.2, -0.15) is 10.2 Å². The molecule has 0 radical (unpaired) electrons. The molecule has 0 atom stereocenters. The maximum absolute atomic E-state index is 6.16. The second-order valence-corrected chi connectivity index (χ2v) is 6.48. The predicted octanol–water partition coefficient (Wildman–Crippen LogP) is 2.01. The fourth-order valence-corrected chi connectivity index (χ4v) is 2.68. The van der Waals surface area contributed by atoms with Crippen molar-refractivity contribution in [1.82, 2.24) is 19.6 Å². The first-order chi connectivity index (χ1) is 11.8. The minimum absolute atomic E-state index is 0.0734. The Hall–Kier alpha value is -3.16. The summed E-state index contributed by atoms with van der Waals surface area (Å²) < 4.78 is 3.30. The molecule has 0 amide bonds. The van der Waals surface area contributed by atoms with Crippen molar-refractivity contribution in [1.29, 1.82) is 0 Å². The molecular formula is C17H24N8. The van der Waals surface area contributed by atoms with E-state index in [0.717, 1.165) is 5.56 Å². The van der Waals surface area contributed by atoms with E-state index in [9.17, 15) is 0 Å². The first-order valence-corrected chi connectivity index (χ1v) is 8.10. The molecule has 0 spiro atoms. The molecule has 0 aliphatic heterocycles. The van der Waals surface area contributed by atoms with E-state index in [0.29, 0.717) is 40.9 Å². The second kappa shape index (κ2) is 6.04. The first kappa shape index (κ1) is 16.7. The van der Waals surface area contributed by atoms with Gasteiger partial charge >= 0.3 is 0 Å². The van der Waals surface area contributed by atoms with E-state index in [4.69, 9.17) is 22.9 Å². The Labute approximate surface area is 146 Å². The molecule has 8 nitrogen and oxygen atoms in total. The Bertz CT molecular complexity index is 902. The van der Waals surface area contributed by atoms with Gasteiger partial charge in [-0.15, -0.1) is 0 Å². The number of anilines is 4. The van der Waals surface area contributed by atoms with Crippen molar-refractivity contribution in [2.75, 3.05) is 22.9 Å². The quantitative estimate of drug-likeness (QED) is 0.573. The Morgan fingerprint density at radius 2 is 1.44 bits per heavy atom. The first-order valence-electron chi connectivity index (χ1n) is 8.10. The molecule has 0 aliphatic carbocycles. The molecule has 132 valence electrons. The molecule has 2 heterocycles. The monoisotopic (exact) mass is 340 g/mol. The van der Waals surface area contributed by atoms with Crippen LogP contribution in [0.25, 0.3) is 11.4 Å². The van der Waals surface area contributed by atoms with Gasteiger partial charge in [-0.1, -0.05) is 29.8 Å². The van der Waals surface area contributed by atoms with Crippen LogP contribution in [0.2, 0.25) is 0 Å². The number of nitrogens with two attached hydrogens (primary N) is 4. The summed E-state index contributed by atoms with van der Waals surface area (Å²) >= 11 is 0. The molecule has 2 aromatic heterocycles. The average molecular weight is 340 g/mol. The summed E-state index contributed by atoms with van der Waals surface area (Å²) in [7, 11) is 0. The third-order valence-corrected chi connectivity index (χ3v) is 4.18. The van der Waals surface area contributed by atoms with Crippen molar-refractivity contribution in [2.24, 2.45) is 0 Å². The van der Waals surface area contributed by atoms with Crippen LogP contribution in [0.15, 0.2) is 24.3 Å². The van der Waals surface area contributed by atoms with E-state index < -0.39 is 0 Å². The summed E-state index contributed by atoms with van der Waals surface area (Å²) in [5.41, 5.74) is 28.4. The van der Waals surface area contributed by atoms with Crippen LogP contribution in [0.1, 0.15) is 31.0 Å². The molecule has 0 saturated heterocycles. The highest BCUT2D eigenvalue weighted by atomic mass is 15.4. The van der Waals surface area contributed by atoms with Crippen molar-refractivity contribution >= 4 is 23.0 Å². The van der Waals surface area contributed by atoms with Crippen LogP contribution >= 0.6 is 0 Å². The van der Waals surface area contributed by atoms with Crippen molar-refractivity contribution in [3.05, 3.63) is 35.4 Å². The predicted molar refractivity (Wildman–Crippen MR) is 102 cm³/mol. The van der Waals surface area contributed by atoms with Gasteiger partial charge in [0.15, 0.2) is 0 Å². The van der Waals surface area contributed by atoms with E-state index in [-0.39, 0.29) is 6.04 Å². The minimum Gasteiger partial charge on any atom is -0.394 e. The molecule has 25 heavy (non-hydrogen) atoms. The van der Waals surface area contributed by atoms with Crippen LogP contribution in [0, 0.1) is 6.92 Å². The van der Waals surface area contributed by atoms with Crippen LogP contribution in [0.3, 0.4) is 0 Å². The molecule has 0 bridgehead atoms. The largest absolute Gasteiger partial charge is 0.394 e. The molecule has 8 N–H and O–H groups in total. The molecule has 3 rings (SSSR count). The van der Waals surface area contributed by atoms with Crippen molar-refractivity contribution < 1.29 is 0 Å². The molecule has 0 fully saturated rings. The number of benzene rings is 1. The SMILES string of the molecule is Cc1ccc(Cn2nc(-c3nn(C(C)C)c(N)c3N)c(N)c2N)cc1. The Morgan fingerprint density at radius 3 is 2.00 bits per heavy atom. The number of nitrogens with zero attached hydrogens (tertiary/aromatic N) is 4. The van der Waals surface area contributed by atoms with Gasteiger partial charge < -0.3 is 22.9 Å². The molecule has 3 aromatic rings. The number of aromatic nitrogens is 4. The highest BCUT2D eigenvalue weighted by Crippen LogP contribution is 2.36. The van der Waals surface area contributed by atoms with Gasteiger partial charge in [0.1, 0.15) is 34.4 Å². The molecule has 0 aliphatic rings. The fraction of sp³-hybridized carbons (Fsp3) is 0.294. The van der Waals surface area contributed by atoms with Gasteiger partial charge in [-0.25, -0.2) is 9.36 Å². The zero-order valence-electron chi connectivity index (χ0n) is 14.7. The normalized spacial score (nSPS) is 11.4. The zero-order valence-corrected chi connectivity index (χ0v) is 14.7. The summed E-state index contributed by atoms with van der Waals surface area (Å²) in [5, 5.41) is 9.00. The summed E-state index contributed by atoms with van der Waals surface area (Å²) in [6.45, 7) is 6.50. The van der Waals surface area contributed by atoms with E-state index in [1.165, 1.54) is 5.56 Å². The summed E-state index contributed by atoms with van der Waals surface area (Å²) in [6, 6.07) is 8.23. The highest BCUT2D eigenvalue weighted by Gasteiger charge is 2.23. The number of rotatable bonds is 4. The molecule has 8 heteroatoms. The molecule has 1 aromatic carbocycles. The van der Waals surface area contributed by atoms with E-state index in [1.807, 2.05) is 45.0 Å².